The molecule has 3 aromatic carbocycles. The molecular formula is C30H31ClFN3O3. The van der Waals surface area contributed by atoms with Crippen molar-refractivity contribution in [2.75, 3.05) is 41.0 Å². The quantitative estimate of drug-likeness (QED) is 0.388. The van der Waals surface area contributed by atoms with E-state index in [9.17, 15) is 14.0 Å². The highest BCUT2D eigenvalue weighted by Crippen LogP contribution is 2.44. The van der Waals surface area contributed by atoms with Gasteiger partial charge in [-0.3, -0.25) is 9.59 Å². The molecule has 2 unspecified atom stereocenters. The number of amides is 2. The van der Waals surface area contributed by atoms with Crippen LogP contribution in [0, 0.1) is 5.82 Å². The third-order valence-electron chi connectivity index (χ3n) is 7.31. The summed E-state index contributed by atoms with van der Waals surface area (Å²) in [6, 6.07) is 18.5. The van der Waals surface area contributed by atoms with Crippen LogP contribution in [0.3, 0.4) is 0 Å². The lowest BCUT2D eigenvalue weighted by molar-refractivity contribution is -0.118. The number of morpholine rings is 1. The van der Waals surface area contributed by atoms with Crippen LogP contribution in [0.5, 0.6) is 0 Å². The molecule has 2 aliphatic heterocycles. The van der Waals surface area contributed by atoms with Gasteiger partial charge in [0.25, 0.3) is 5.91 Å². The minimum atomic E-state index is -0.388. The summed E-state index contributed by atoms with van der Waals surface area (Å²) in [5.74, 6) is -0.595. The van der Waals surface area contributed by atoms with E-state index < -0.39 is 0 Å². The fourth-order valence-electron chi connectivity index (χ4n) is 5.39. The normalized spacial score (nSPS) is 19.2. The van der Waals surface area contributed by atoms with Gasteiger partial charge < -0.3 is 19.4 Å². The van der Waals surface area contributed by atoms with Crippen molar-refractivity contribution in [2.24, 2.45) is 0 Å². The highest BCUT2D eigenvalue weighted by molar-refractivity contribution is 6.30. The fraction of sp³-hybridized carbons (Fsp3) is 0.333. The Balaban J connectivity index is 1.63. The summed E-state index contributed by atoms with van der Waals surface area (Å²) >= 11 is 6.16. The maximum absolute atomic E-state index is 13.7. The number of benzene rings is 3. The molecule has 6 nitrogen and oxygen atoms in total. The Bertz CT molecular complexity index is 1310. The predicted molar refractivity (Wildman–Crippen MR) is 149 cm³/mol. The molecule has 2 atom stereocenters. The van der Waals surface area contributed by atoms with Gasteiger partial charge in [0, 0.05) is 58.8 Å². The molecular weight excluding hydrogens is 505 g/mol. The molecule has 5 rings (SSSR count). The Kier molecular flexibility index (Phi) is 7.68. The third-order valence-corrected chi connectivity index (χ3v) is 7.56. The highest BCUT2D eigenvalue weighted by Gasteiger charge is 2.39. The van der Waals surface area contributed by atoms with Gasteiger partial charge in [-0.05, 0) is 80.1 Å². The average molecular weight is 536 g/mol. The van der Waals surface area contributed by atoms with Crippen LogP contribution < -0.4 is 14.7 Å². The number of halogens is 2. The monoisotopic (exact) mass is 535 g/mol. The van der Waals surface area contributed by atoms with Gasteiger partial charge in [-0.1, -0.05) is 18.5 Å². The summed E-state index contributed by atoms with van der Waals surface area (Å²) in [6.45, 7) is 6.69. The molecule has 0 aliphatic carbocycles. The van der Waals surface area contributed by atoms with Crippen molar-refractivity contribution >= 4 is 40.5 Å². The van der Waals surface area contributed by atoms with Crippen LogP contribution in [-0.4, -0.2) is 44.2 Å². The molecule has 2 aliphatic rings. The Morgan fingerprint density at radius 3 is 2.37 bits per heavy atom. The average Bonchev–Trinajstić information content (AvgIpc) is 2.94. The summed E-state index contributed by atoms with van der Waals surface area (Å²) in [5, 5.41) is 0.598. The molecule has 1 saturated heterocycles. The first-order chi connectivity index (χ1) is 18.4. The van der Waals surface area contributed by atoms with E-state index in [0.29, 0.717) is 36.6 Å². The number of ether oxygens (including phenoxy) is 1. The van der Waals surface area contributed by atoms with E-state index in [4.69, 9.17) is 16.3 Å². The van der Waals surface area contributed by atoms with Gasteiger partial charge in [0.1, 0.15) is 5.82 Å². The number of nitrogens with zero attached hydrogens (tertiary/aromatic N) is 3. The van der Waals surface area contributed by atoms with Gasteiger partial charge in [-0.25, -0.2) is 4.39 Å². The van der Waals surface area contributed by atoms with Crippen molar-refractivity contribution in [2.45, 2.75) is 38.8 Å². The maximum atomic E-state index is 13.7. The van der Waals surface area contributed by atoms with Gasteiger partial charge in [0.15, 0.2) is 0 Å². The van der Waals surface area contributed by atoms with Gasteiger partial charge in [-0.2, -0.15) is 0 Å². The summed E-state index contributed by atoms with van der Waals surface area (Å²) < 4.78 is 19.1. The predicted octanol–water partition coefficient (Wildman–Crippen LogP) is 6.24. The standard InChI is InChI=1S/C30H31ClFN3O3/c1-3-29(36)35(24-10-6-22(31)7-11-24)28-18-20(2)34(30(37)21-4-8-23(32)9-5-21)27-13-12-25(19-26(27)28)33-14-16-38-17-15-33/h4-13,19-20,28H,3,14-18H2,1-2H3. The van der Waals surface area contributed by atoms with E-state index in [-0.39, 0.29) is 29.7 Å². The second-order valence-electron chi connectivity index (χ2n) is 9.72. The summed E-state index contributed by atoms with van der Waals surface area (Å²) in [7, 11) is 0. The number of carbonyl (C=O) groups excluding carboxylic acids is 2. The second kappa shape index (κ2) is 11.1. The van der Waals surface area contributed by atoms with E-state index >= 15 is 0 Å². The van der Waals surface area contributed by atoms with E-state index in [2.05, 4.69) is 11.0 Å². The van der Waals surface area contributed by atoms with Gasteiger partial charge >= 0.3 is 0 Å². The molecule has 8 heteroatoms. The number of fused-ring (bicyclic) bond motifs is 1. The van der Waals surface area contributed by atoms with Crippen molar-refractivity contribution in [3.63, 3.8) is 0 Å². The first-order valence-corrected chi connectivity index (χ1v) is 13.4. The first kappa shape index (κ1) is 26.2. The zero-order valence-corrected chi connectivity index (χ0v) is 22.3. The Hall–Kier alpha value is -3.42. The SMILES string of the molecule is CCC(=O)N(c1ccc(Cl)cc1)C1CC(C)N(C(=O)c2ccc(F)cc2)c2ccc(N3CCOCC3)cc21. The van der Waals surface area contributed by atoms with Crippen molar-refractivity contribution in [1.82, 2.24) is 0 Å². The number of carbonyl (C=O) groups is 2. The van der Waals surface area contributed by atoms with Crippen molar-refractivity contribution in [1.29, 1.82) is 0 Å². The first-order valence-electron chi connectivity index (χ1n) is 13.0. The largest absolute Gasteiger partial charge is 0.378 e. The molecule has 3 aromatic rings. The van der Waals surface area contributed by atoms with Crippen LogP contribution >= 0.6 is 11.6 Å². The van der Waals surface area contributed by atoms with Crippen LogP contribution in [0.15, 0.2) is 66.7 Å². The molecule has 0 saturated carbocycles. The second-order valence-corrected chi connectivity index (χ2v) is 10.2. The fourth-order valence-corrected chi connectivity index (χ4v) is 5.52. The van der Waals surface area contributed by atoms with E-state index in [0.717, 1.165) is 35.7 Å². The molecule has 198 valence electrons. The lowest BCUT2D eigenvalue weighted by atomic mass is 9.88. The molecule has 0 spiro atoms. The molecule has 0 bridgehead atoms. The van der Waals surface area contributed by atoms with Crippen LogP contribution in [0.1, 0.15) is 48.7 Å². The number of rotatable bonds is 5. The molecule has 0 radical (unpaired) electrons. The Morgan fingerprint density at radius 2 is 1.71 bits per heavy atom. The Labute approximate surface area is 227 Å². The number of hydrogen-bond donors (Lipinski definition) is 0. The third kappa shape index (κ3) is 5.13. The summed E-state index contributed by atoms with van der Waals surface area (Å²) in [4.78, 5) is 33.0. The van der Waals surface area contributed by atoms with Crippen LogP contribution in [0.25, 0.3) is 0 Å². The van der Waals surface area contributed by atoms with E-state index in [1.165, 1.54) is 24.3 Å². The molecule has 0 aromatic heterocycles. The minimum Gasteiger partial charge on any atom is -0.378 e. The van der Waals surface area contributed by atoms with Crippen LogP contribution in [0.2, 0.25) is 5.02 Å². The smallest absolute Gasteiger partial charge is 0.258 e. The zero-order valence-electron chi connectivity index (χ0n) is 21.6. The van der Waals surface area contributed by atoms with Crippen LogP contribution in [-0.2, 0) is 9.53 Å². The Morgan fingerprint density at radius 1 is 1.03 bits per heavy atom. The molecule has 38 heavy (non-hydrogen) atoms. The van der Waals surface area contributed by atoms with Gasteiger partial charge in [0.05, 0.1) is 19.3 Å². The van der Waals surface area contributed by atoms with Gasteiger partial charge in [-0.15, -0.1) is 0 Å². The number of anilines is 3. The summed E-state index contributed by atoms with van der Waals surface area (Å²) in [6.07, 6.45) is 0.880. The minimum absolute atomic E-state index is 0.00874. The summed E-state index contributed by atoms with van der Waals surface area (Å²) in [5.41, 5.74) is 3.86. The van der Waals surface area contributed by atoms with E-state index in [1.807, 2.05) is 43.0 Å². The highest BCUT2D eigenvalue weighted by atomic mass is 35.5. The van der Waals surface area contributed by atoms with Crippen molar-refractivity contribution < 1.29 is 18.7 Å². The molecule has 1 fully saturated rings. The van der Waals surface area contributed by atoms with Crippen molar-refractivity contribution in [3.05, 3.63) is 88.7 Å². The lowest BCUT2D eigenvalue weighted by Crippen LogP contribution is -2.48. The molecule has 0 N–H and O–H groups in total. The topological polar surface area (TPSA) is 53.1 Å². The number of hydrogen-bond acceptors (Lipinski definition) is 4. The van der Waals surface area contributed by atoms with Crippen LogP contribution in [0.4, 0.5) is 21.5 Å². The zero-order chi connectivity index (χ0) is 26.8. The van der Waals surface area contributed by atoms with Crippen molar-refractivity contribution in [3.8, 4) is 0 Å². The maximum Gasteiger partial charge on any atom is 0.258 e. The van der Waals surface area contributed by atoms with E-state index in [1.54, 1.807) is 17.0 Å². The van der Waals surface area contributed by atoms with Gasteiger partial charge in [0.2, 0.25) is 5.91 Å². The molecule has 2 heterocycles. The lowest BCUT2D eigenvalue weighted by Gasteiger charge is -2.44. The molecule has 2 amide bonds.